The zero-order valence-corrected chi connectivity index (χ0v) is 18.3. The van der Waals surface area contributed by atoms with Gasteiger partial charge in [-0.1, -0.05) is 24.6 Å². The molecule has 0 N–H and O–H groups in total. The molecule has 1 aliphatic rings. The first-order chi connectivity index (χ1) is 13.0. The molecule has 1 aliphatic carbocycles. The van der Waals surface area contributed by atoms with E-state index in [2.05, 4.69) is 0 Å². The molecule has 0 unspecified atom stereocenters. The van der Waals surface area contributed by atoms with Crippen molar-refractivity contribution in [1.29, 1.82) is 0 Å². The summed E-state index contributed by atoms with van der Waals surface area (Å²) in [6, 6.07) is 5.62. The van der Waals surface area contributed by atoms with E-state index in [-0.39, 0.29) is 12.5 Å². The van der Waals surface area contributed by atoms with Gasteiger partial charge in [0.15, 0.2) is 0 Å². The molecular formula is C22H31ClO5. The first kappa shape index (κ1) is 22.5. The molecule has 5 nitrogen and oxygen atoms in total. The number of carbonyl (C=O) groups excluding carboxylic acids is 2. The molecule has 0 saturated heterocycles. The lowest BCUT2D eigenvalue weighted by atomic mass is 10.1. The van der Waals surface area contributed by atoms with Gasteiger partial charge in [0.1, 0.15) is 23.6 Å². The quantitative estimate of drug-likeness (QED) is 0.557. The van der Waals surface area contributed by atoms with E-state index in [1.165, 1.54) is 0 Å². The van der Waals surface area contributed by atoms with Gasteiger partial charge in [0.2, 0.25) is 0 Å². The SMILES string of the molecule is Cc1ccc(O[C@H](C2CC2)[C@H](C)OC(=O)[C@H](C)CC(=O)OC(C)(C)C)c(Cl)c1. The van der Waals surface area contributed by atoms with E-state index in [1.807, 2.05) is 32.0 Å². The normalized spacial score (nSPS) is 17.4. The molecule has 0 heterocycles. The van der Waals surface area contributed by atoms with Crippen LogP contribution in [0.25, 0.3) is 0 Å². The monoisotopic (exact) mass is 410 g/mol. The van der Waals surface area contributed by atoms with Crippen LogP contribution in [0, 0.1) is 18.8 Å². The molecule has 156 valence electrons. The molecule has 0 spiro atoms. The lowest BCUT2D eigenvalue weighted by Gasteiger charge is -2.27. The second-order valence-electron chi connectivity index (χ2n) is 8.69. The Kier molecular flexibility index (Phi) is 7.38. The van der Waals surface area contributed by atoms with E-state index in [0.717, 1.165) is 18.4 Å². The van der Waals surface area contributed by atoms with Crippen molar-refractivity contribution >= 4 is 23.5 Å². The van der Waals surface area contributed by atoms with Crippen LogP contribution in [0.2, 0.25) is 5.02 Å². The van der Waals surface area contributed by atoms with Gasteiger partial charge in [0, 0.05) is 0 Å². The average molecular weight is 411 g/mol. The van der Waals surface area contributed by atoms with Crippen molar-refractivity contribution in [2.45, 2.75) is 78.6 Å². The van der Waals surface area contributed by atoms with E-state index >= 15 is 0 Å². The average Bonchev–Trinajstić information content (AvgIpc) is 3.36. The zero-order chi connectivity index (χ0) is 21.1. The van der Waals surface area contributed by atoms with Crippen LogP contribution in [0.4, 0.5) is 0 Å². The smallest absolute Gasteiger partial charge is 0.309 e. The third-order valence-electron chi connectivity index (χ3n) is 4.50. The van der Waals surface area contributed by atoms with Crippen molar-refractivity contribution in [2.75, 3.05) is 0 Å². The predicted octanol–water partition coefficient (Wildman–Crippen LogP) is 5.11. The van der Waals surface area contributed by atoms with Gasteiger partial charge in [-0.3, -0.25) is 9.59 Å². The fraction of sp³-hybridized carbons (Fsp3) is 0.636. The molecule has 2 rings (SSSR count). The summed E-state index contributed by atoms with van der Waals surface area (Å²) in [6.45, 7) is 10.8. The van der Waals surface area contributed by atoms with Crippen molar-refractivity contribution in [3.8, 4) is 5.75 Å². The highest BCUT2D eigenvalue weighted by molar-refractivity contribution is 6.32. The second-order valence-corrected chi connectivity index (χ2v) is 9.09. The molecule has 6 heteroatoms. The van der Waals surface area contributed by atoms with Gasteiger partial charge >= 0.3 is 11.9 Å². The minimum absolute atomic E-state index is 0.0123. The Labute approximate surface area is 172 Å². The maximum absolute atomic E-state index is 12.5. The summed E-state index contributed by atoms with van der Waals surface area (Å²) >= 11 is 6.29. The van der Waals surface area contributed by atoms with Crippen LogP contribution in [-0.4, -0.2) is 29.7 Å². The Morgan fingerprint density at radius 2 is 1.86 bits per heavy atom. The summed E-state index contributed by atoms with van der Waals surface area (Å²) in [4.78, 5) is 24.4. The number of carbonyl (C=O) groups is 2. The lowest BCUT2D eigenvalue weighted by molar-refractivity contribution is -0.165. The van der Waals surface area contributed by atoms with Crippen molar-refractivity contribution in [2.24, 2.45) is 11.8 Å². The number of aryl methyl sites for hydroxylation is 1. The van der Waals surface area contributed by atoms with E-state index in [9.17, 15) is 9.59 Å². The van der Waals surface area contributed by atoms with Gasteiger partial charge in [0.05, 0.1) is 17.4 Å². The molecule has 0 aliphatic heterocycles. The molecule has 0 bridgehead atoms. The van der Waals surface area contributed by atoms with Gasteiger partial charge in [-0.25, -0.2) is 0 Å². The van der Waals surface area contributed by atoms with Gasteiger partial charge in [-0.15, -0.1) is 0 Å². The van der Waals surface area contributed by atoms with E-state index in [0.29, 0.717) is 16.7 Å². The molecule has 3 atom stereocenters. The van der Waals surface area contributed by atoms with Crippen LogP contribution >= 0.6 is 11.6 Å². The molecule has 1 saturated carbocycles. The highest BCUT2D eigenvalue weighted by Crippen LogP contribution is 2.39. The maximum atomic E-state index is 12.5. The summed E-state index contributed by atoms with van der Waals surface area (Å²) in [6.07, 6.45) is 1.34. The molecule has 0 radical (unpaired) electrons. The first-order valence-corrected chi connectivity index (χ1v) is 10.2. The van der Waals surface area contributed by atoms with E-state index in [1.54, 1.807) is 27.7 Å². The van der Waals surface area contributed by atoms with Gasteiger partial charge < -0.3 is 14.2 Å². The van der Waals surface area contributed by atoms with Crippen molar-refractivity contribution in [3.63, 3.8) is 0 Å². The summed E-state index contributed by atoms with van der Waals surface area (Å²) in [5.41, 5.74) is 0.474. The van der Waals surface area contributed by atoms with Crippen molar-refractivity contribution in [1.82, 2.24) is 0 Å². The topological polar surface area (TPSA) is 61.8 Å². The number of ether oxygens (including phenoxy) is 3. The molecule has 0 aromatic heterocycles. The van der Waals surface area contributed by atoms with E-state index < -0.39 is 29.6 Å². The molecule has 28 heavy (non-hydrogen) atoms. The van der Waals surface area contributed by atoms with Crippen LogP contribution in [0.3, 0.4) is 0 Å². The predicted molar refractivity (Wildman–Crippen MR) is 109 cm³/mol. The zero-order valence-electron chi connectivity index (χ0n) is 17.6. The Hall–Kier alpha value is -1.75. The number of hydrogen-bond acceptors (Lipinski definition) is 5. The molecule has 1 aromatic rings. The Balaban J connectivity index is 1.95. The Morgan fingerprint density at radius 3 is 2.39 bits per heavy atom. The van der Waals surface area contributed by atoms with Crippen LogP contribution in [0.5, 0.6) is 5.75 Å². The number of halogens is 1. The second kappa shape index (κ2) is 9.17. The fourth-order valence-corrected chi connectivity index (χ4v) is 3.21. The van der Waals surface area contributed by atoms with Gasteiger partial charge in [-0.05, 0) is 71.1 Å². The van der Waals surface area contributed by atoms with Crippen LogP contribution < -0.4 is 4.74 Å². The van der Waals surface area contributed by atoms with Crippen molar-refractivity contribution < 1.29 is 23.8 Å². The molecule has 0 amide bonds. The third-order valence-corrected chi connectivity index (χ3v) is 4.79. The maximum Gasteiger partial charge on any atom is 0.309 e. The number of benzene rings is 1. The molecule has 1 fully saturated rings. The van der Waals surface area contributed by atoms with Gasteiger partial charge in [0.25, 0.3) is 0 Å². The number of hydrogen-bond donors (Lipinski definition) is 0. The van der Waals surface area contributed by atoms with Crippen LogP contribution in [0.15, 0.2) is 18.2 Å². The highest BCUT2D eigenvalue weighted by Gasteiger charge is 2.39. The Bertz CT molecular complexity index is 705. The van der Waals surface area contributed by atoms with Gasteiger partial charge in [-0.2, -0.15) is 0 Å². The fourth-order valence-electron chi connectivity index (χ4n) is 2.93. The number of rotatable bonds is 8. The van der Waals surface area contributed by atoms with Crippen LogP contribution in [0.1, 0.15) is 59.4 Å². The summed E-state index contributed by atoms with van der Waals surface area (Å²) in [5, 5.41) is 0.544. The third kappa shape index (κ3) is 7.01. The van der Waals surface area contributed by atoms with Crippen molar-refractivity contribution in [3.05, 3.63) is 28.8 Å². The lowest BCUT2D eigenvalue weighted by Crippen LogP contribution is -2.37. The van der Waals surface area contributed by atoms with E-state index in [4.69, 9.17) is 25.8 Å². The largest absolute Gasteiger partial charge is 0.485 e. The first-order valence-electron chi connectivity index (χ1n) is 9.81. The highest BCUT2D eigenvalue weighted by atomic mass is 35.5. The summed E-state index contributed by atoms with van der Waals surface area (Å²) in [5.74, 6) is -0.496. The number of esters is 2. The Morgan fingerprint density at radius 1 is 1.21 bits per heavy atom. The summed E-state index contributed by atoms with van der Waals surface area (Å²) < 4.78 is 17.0. The summed E-state index contributed by atoms with van der Waals surface area (Å²) in [7, 11) is 0. The minimum Gasteiger partial charge on any atom is -0.485 e. The molecular weight excluding hydrogens is 380 g/mol. The standard InChI is InChI=1S/C22H31ClO5/c1-13-7-10-18(17(23)11-13)27-20(16-8-9-16)15(3)26-21(25)14(2)12-19(24)28-22(4,5)6/h7,10-11,14-16,20H,8-9,12H2,1-6H3/t14-,15+,20+/m1/s1. The molecule has 1 aromatic carbocycles. The van der Waals surface area contributed by atoms with Crippen LogP contribution in [-0.2, 0) is 19.1 Å². The minimum atomic E-state index is -0.583.